The van der Waals surface area contributed by atoms with Gasteiger partial charge in [0, 0.05) is 5.54 Å². The summed E-state index contributed by atoms with van der Waals surface area (Å²) in [7, 11) is -3.55. The lowest BCUT2D eigenvalue weighted by atomic mass is 10.1. The van der Waals surface area contributed by atoms with E-state index >= 15 is 0 Å². The average Bonchev–Trinajstić information content (AvgIpc) is 2.39. The second-order valence-corrected chi connectivity index (χ2v) is 8.14. The van der Waals surface area contributed by atoms with Crippen molar-refractivity contribution in [3.8, 4) is 16.9 Å². The Morgan fingerprint density at radius 1 is 1.00 bits per heavy atom. The van der Waals surface area contributed by atoms with Gasteiger partial charge in [-0.05, 0) is 56.2 Å². The van der Waals surface area contributed by atoms with Crippen LogP contribution in [0.5, 0.6) is 5.75 Å². The number of phenolic OH excluding ortho intramolecular Hbond substituents is 1. The summed E-state index contributed by atoms with van der Waals surface area (Å²) in [6.45, 7) is 5.36. The molecule has 0 saturated carbocycles. The van der Waals surface area contributed by atoms with Gasteiger partial charge in [0.05, 0.1) is 9.92 Å². The van der Waals surface area contributed by atoms with Gasteiger partial charge in [0.15, 0.2) is 0 Å². The van der Waals surface area contributed by atoms with E-state index in [-0.39, 0.29) is 15.7 Å². The lowest BCUT2D eigenvalue weighted by Gasteiger charge is -2.20. The molecule has 4 nitrogen and oxygen atoms in total. The minimum atomic E-state index is -3.55. The fourth-order valence-electron chi connectivity index (χ4n) is 1.98. The molecule has 6 heteroatoms. The zero-order valence-electron chi connectivity index (χ0n) is 12.6. The number of hydrogen-bond donors (Lipinski definition) is 2. The van der Waals surface area contributed by atoms with Gasteiger partial charge >= 0.3 is 0 Å². The summed E-state index contributed by atoms with van der Waals surface area (Å²) in [6.07, 6.45) is 0. The molecule has 0 aromatic heterocycles. The molecule has 0 aliphatic rings. The number of nitrogens with one attached hydrogen (secondary N) is 1. The largest absolute Gasteiger partial charge is 0.506 e. The molecular weight excluding hydrogens is 322 g/mol. The third kappa shape index (κ3) is 4.00. The van der Waals surface area contributed by atoms with Gasteiger partial charge in [-0.15, -0.1) is 0 Å². The highest BCUT2D eigenvalue weighted by Crippen LogP contribution is 2.30. The van der Waals surface area contributed by atoms with E-state index < -0.39 is 15.6 Å². The van der Waals surface area contributed by atoms with Crippen molar-refractivity contribution < 1.29 is 13.5 Å². The monoisotopic (exact) mass is 339 g/mol. The zero-order chi connectivity index (χ0) is 16.5. The molecule has 22 heavy (non-hydrogen) atoms. The lowest BCUT2D eigenvalue weighted by molar-refractivity contribution is 0.476. The number of halogens is 1. The Morgan fingerprint density at radius 2 is 1.55 bits per heavy atom. The number of benzene rings is 2. The smallest absolute Gasteiger partial charge is 0.241 e. The number of sulfonamides is 1. The second-order valence-electron chi connectivity index (χ2n) is 6.05. The maximum atomic E-state index is 12.2. The van der Waals surface area contributed by atoms with Crippen molar-refractivity contribution in [1.82, 2.24) is 4.72 Å². The van der Waals surface area contributed by atoms with Gasteiger partial charge in [-0.25, -0.2) is 13.1 Å². The summed E-state index contributed by atoms with van der Waals surface area (Å²) in [5.41, 5.74) is 1.01. The van der Waals surface area contributed by atoms with Gasteiger partial charge < -0.3 is 5.11 Å². The third-order valence-electron chi connectivity index (χ3n) is 2.88. The van der Waals surface area contributed by atoms with Crippen molar-refractivity contribution in [1.29, 1.82) is 0 Å². The number of hydrogen-bond acceptors (Lipinski definition) is 3. The van der Waals surface area contributed by atoms with Crippen molar-refractivity contribution in [2.45, 2.75) is 31.2 Å². The first-order chi connectivity index (χ1) is 10.1. The zero-order valence-corrected chi connectivity index (χ0v) is 14.2. The van der Waals surface area contributed by atoms with E-state index in [0.29, 0.717) is 0 Å². The van der Waals surface area contributed by atoms with Gasteiger partial charge in [-0.2, -0.15) is 0 Å². The molecular formula is C16H18ClNO3S. The van der Waals surface area contributed by atoms with Crippen LogP contribution in [0, 0.1) is 0 Å². The van der Waals surface area contributed by atoms with E-state index in [1.165, 1.54) is 12.1 Å². The predicted octanol–water partition coefficient (Wildman–Crippen LogP) is 3.79. The molecule has 0 bridgehead atoms. The fourth-order valence-corrected chi connectivity index (χ4v) is 3.52. The molecule has 118 valence electrons. The lowest BCUT2D eigenvalue weighted by Crippen LogP contribution is -2.40. The molecule has 2 rings (SSSR count). The molecule has 2 aromatic carbocycles. The standard InChI is InChI=1S/C16H18ClNO3S/c1-16(2,3)18-22(20,21)13-7-4-11(5-8-13)12-6-9-14(17)15(19)10-12/h4-10,18-19H,1-3H3. The topological polar surface area (TPSA) is 66.4 Å². The highest BCUT2D eigenvalue weighted by atomic mass is 35.5. The van der Waals surface area contributed by atoms with Crippen LogP contribution in [0.15, 0.2) is 47.4 Å². The van der Waals surface area contributed by atoms with E-state index in [1.807, 2.05) is 0 Å². The van der Waals surface area contributed by atoms with Crippen molar-refractivity contribution in [3.63, 3.8) is 0 Å². The molecule has 2 aromatic rings. The Hall–Kier alpha value is -1.56. The Balaban J connectivity index is 2.32. The molecule has 0 amide bonds. The molecule has 0 saturated heterocycles. The highest BCUT2D eigenvalue weighted by molar-refractivity contribution is 7.89. The molecule has 0 atom stereocenters. The van der Waals surface area contributed by atoms with E-state index in [4.69, 9.17) is 11.6 Å². The van der Waals surface area contributed by atoms with E-state index in [1.54, 1.807) is 51.1 Å². The summed E-state index contributed by atoms with van der Waals surface area (Å²) < 4.78 is 27.1. The van der Waals surface area contributed by atoms with Crippen LogP contribution >= 0.6 is 11.6 Å². The average molecular weight is 340 g/mol. The SMILES string of the molecule is CC(C)(C)NS(=O)(=O)c1ccc(-c2ccc(Cl)c(O)c2)cc1. The number of phenols is 1. The fraction of sp³-hybridized carbons (Fsp3) is 0.250. The van der Waals surface area contributed by atoms with Crippen molar-refractivity contribution in [2.24, 2.45) is 0 Å². The van der Waals surface area contributed by atoms with Crippen LogP contribution in [0.2, 0.25) is 5.02 Å². The van der Waals surface area contributed by atoms with Crippen LogP contribution in [-0.4, -0.2) is 19.1 Å². The van der Waals surface area contributed by atoms with Gasteiger partial charge in [-0.3, -0.25) is 0 Å². The molecule has 0 heterocycles. The number of aromatic hydroxyl groups is 1. The van der Waals surface area contributed by atoms with Gasteiger partial charge in [0.25, 0.3) is 0 Å². The van der Waals surface area contributed by atoms with Crippen LogP contribution in [-0.2, 0) is 10.0 Å². The van der Waals surface area contributed by atoms with Crippen molar-refractivity contribution >= 4 is 21.6 Å². The van der Waals surface area contributed by atoms with Crippen molar-refractivity contribution in [2.75, 3.05) is 0 Å². The Morgan fingerprint density at radius 3 is 2.05 bits per heavy atom. The predicted molar refractivity (Wildman–Crippen MR) is 88.6 cm³/mol. The summed E-state index contributed by atoms with van der Waals surface area (Å²) >= 11 is 5.78. The molecule has 0 aliphatic carbocycles. The first-order valence-corrected chi connectivity index (χ1v) is 8.57. The number of rotatable bonds is 3. The molecule has 2 N–H and O–H groups in total. The van der Waals surface area contributed by atoms with Crippen LogP contribution in [0.3, 0.4) is 0 Å². The van der Waals surface area contributed by atoms with Crippen molar-refractivity contribution in [3.05, 3.63) is 47.5 Å². The quantitative estimate of drug-likeness (QED) is 0.894. The summed E-state index contributed by atoms with van der Waals surface area (Å²) in [5.74, 6) is -0.00901. The molecule has 0 spiro atoms. The Labute approximate surface area is 135 Å². The highest BCUT2D eigenvalue weighted by Gasteiger charge is 2.21. The maximum absolute atomic E-state index is 12.2. The van der Waals surface area contributed by atoms with E-state index in [2.05, 4.69) is 4.72 Å². The molecule has 0 radical (unpaired) electrons. The summed E-state index contributed by atoms with van der Waals surface area (Å²) in [5, 5.41) is 9.91. The van der Waals surface area contributed by atoms with E-state index in [0.717, 1.165) is 11.1 Å². The van der Waals surface area contributed by atoms with Crippen LogP contribution in [0.4, 0.5) is 0 Å². The second kappa shape index (κ2) is 5.91. The van der Waals surface area contributed by atoms with E-state index in [9.17, 15) is 13.5 Å². The molecule has 0 aliphatic heterocycles. The van der Waals surface area contributed by atoms with Crippen LogP contribution < -0.4 is 4.72 Å². The third-order valence-corrected chi connectivity index (χ3v) is 4.98. The first-order valence-electron chi connectivity index (χ1n) is 6.71. The normalized spacial score (nSPS) is 12.4. The summed E-state index contributed by atoms with van der Waals surface area (Å²) in [6, 6.07) is 11.4. The van der Waals surface area contributed by atoms with Gasteiger partial charge in [0.2, 0.25) is 10.0 Å². The van der Waals surface area contributed by atoms with Gasteiger partial charge in [-0.1, -0.05) is 29.8 Å². The minimum absolute atomic E-state index is 0.00901. The minimum Gasteiger partial charge on any atom is -0.506 e. The molecule has 0 unspecified atom stereocenters. The molecule has 0 fully saturated rings. The Kier molecular flexibility index (Phi) is 4.52. The van der Waals surface area contributed by atoms with Crippen LogP contribution in [0.25, 0.3) is 11.1 Å². The van der Waals surface area contributed by atoms with Gasteiger partial charge in [0.1, 0.15) is 5.75 Å². The maximum Gasteiger partial charge on any atom is 0.241 e. The first kappa shape index (κ1) is 16.8. The Bertz CT molecular complexity index is 778. The summed E-state index contributed by atoms with van der Waals surface area (Å²) in [4.78, 5) is 0.198. The van der Waals surface area contributed by atoms with Crippen LogP contribution in [0.1, 0.15) is 20.8 Å².